The van der Waals surface area contributed by atoms with E-state index in [1.54, 1.807) is 13.2 Å². The first kappa shape index (κ1) is 20.4. The van der Waals surface area contributed by atoms with Crippen molar-refractivity contribution in [2.45, 2.75) is 20.8 Å². The van der Waals surface area contributed by atoms with E-state index in [2.05, 4.69) is 5.32 Å². The van der Waals surface area contributed by atoms with Crippen LogP contribution in [0.15, 0.2) is 72.4 Å². The number of hydrogen-bond donors (Lipinski definition) is 1. The molecule has 1 aliphatic rings. The zero-order chi connectivity index (χ0) is 22.1. The summed E-state index contributed by atoms with van der Waals surface area (Å²) in [5, 5.41) is 3.18. The number of para-hydroxylation sites is 2. The van der Waals surface area contributed by atoms with Crippen LogP contribution in [0.25, 0.3) is 5.57 Å². The number of nitrogens with zero attached hydrogens (tertiary/aromatic N) is 1. The lowest BCUT2D eigenvalue weighted by Gasteiger charge is -2.18. The van der Waals surface area contributed by atoms with E-state index in [0.717, 1.165) is 16.7 Å². The minimum absolute atomic E-state index is 0.235. The highest BCUT2D eigenvalue weighted by Gasteiger charge is 2.41. The fraction of sp³-hybridized carbons (Fsp3) is 0.154. The summed E-state index contributed by atoms with van der Waals surface area (Å²) in [6, 6.07) is 20.6. The molecule has 0 unspecified atom stereocenters. The van der Waals surface area contributed by atoms with Gasteiger partial charge >= 0.3 is 0 Å². The van der Waals surface area contributed by atoms with E-state index in [4.69, 9.17) is 4.74 Å². The van der Waals surface area contributed by atoms with Gasteiger partial charge in [-0.15, -0.1) is 0 Å². The molecule has 0 saturated heterocycles. The second-order valence-corrected chi connectivity index (χ2v) is 7.68. The molecular weight excluding hydrogens is 388 g/mol. The largest absolute Gasteiger partial charge is 0.495 e. The Bertz CT molecular complexity index is 1210. The number of anilines is 2. The number of rotatable bonds is 5. The van der Waals surface area contributed by atoms with Crippen LogP contribution >= 0.6 is 0 Å². The van der Waals surface area contributed by atoms with E-state index < -0.39 is 5.91 Å². The van der Waals surface area contributed by atoms with Crippen molar-refractivity contribution in [3.63, 3.8) is 0 Å². The first-order valence-electron chi connectivity index (χ1n) is 10.1. The van der Waals surface area contributed by atoms with Crippen molar-refractivity contribution in [3.05, 3.63) is 94.7 Å². The third-order valence-electron chi connectivity index (χ3n) is 5.38. The summed E-state index contributed by atoms with van der Waals surface area (Å²) < 4.78 is 5.42. The molecule has 0 saturated carbocycles. The van der Waals surface area contributed by atoms with E-state index >= 15 is 0 Å². The van der Waals surface area contributed by atoms with E-state index in [0.29, 0.717) is 28.3 Å². The van der Waals surface area contributed by atoms with Crippen LogP contribution in [0.2, 0.25) is 0 Å². The average molecular weight is 412 g/mol. The maximum absolute atomic E-state index is 13.6. The first-order valence-corrected chi connectivity index (χ1v) is 10.1. The molecule has 156 valence electrons. The Hall–Kier alpha value is -3.86. The number of carbonyl (C=O) groups excluding carboxylic acids is 2. The van der Waals surface area contributed by atoms with Crippen molar-refractivity contribution in [1.82, 2.24) is 0 Å². The van der Waals surface area contributed by atoms with Crippen LogP contribution in [0.4, 0.5) is 11.4 Å². The molecule has 1 heterocycles. The van der Waals surface area contributed by atoms with Crippen LogP contribution in [0.3, 0.4) is 0 Å². The van der Waals surface area contributed by atoms with Gasteiger partial charge in [0.25, 0.3) is 11.8 Å². The standard InChI is InChI=1S/C26H24N2O3/c1-16-9-12-19(13-10-16)23-24(27-20-7-5-6-8-22(20)31-4)26(30)28(25(23)29)21-14-11-17(2)15-18(21)3/h5-15,27H,1-4H3. The maximum Gasteiger partial charge on any atom is 0.282 e. The van der Waals surface area contributed by atoms with Gasteiger partial charge in [-0.3, -0.25) is 9.59 Å². The zero-order valence-corrected chi connectivity index (χ0v) is 18.0. The van der Waals surface area contributed by atoms with Gasteiger partial charge in [0.1, 0.15) is 11.4 Å². The molecule has 1 N–H and O–H groups in total. The summed E-state index contributed by atoms with van der Waals surface area (Å²) in [5.41, 5.74) is 5.48. The molecule has 5 nitrogen and oxygen atoms in total. The van der Waals surface area contributed by atoms with Crippen molar-refractivity contribution in [3.8, 4) is 5.75 Å². The van der Waals surface area contributed by atoms with Crippen molar-refractivity contribution in [2.24, 2.45) is 0 Å². The van der Waals surface area contributed by atoms with Crippen LogP contribution in [-0.2, 0) is 9.59 Å². The van der Waals surface area contributed by atoms with Gasteiger partial charge in [0.2, 0.25) is 0 Å². The molecule has 0 radical (unpaired) electrons. The normalized spacial score (nSPS) is 13.7. The molecule has 0 aliphatic carbocycles. The second-order valence-electron chi connectivity index (χ2n) is 7.68. The lowest BCUT2D eigenvalue weighted by atomic mass is 10.0. The van der Waals surface area contributed by atoms with Crippen LogP contribution < -0.4 is 15.0 Å². The molecule has 1 aliphatic heterocycles. The molecule has 0 aromatic heterocycles. The Labute approximate surface area is 182 Å². The van der Waals surface area contributed by atoms with E-state index in [1.165, 1.54) is 4.90 Å². The number of amides is 2. The molecule has 4 rings (SSSR count). The zero-order valence-electron chi connectivity index (χ0n) is 18.0. The van der Waals surface area contributed by atoms with Gasteiger partial charge < -0.3 is 10.1 Å². The van der Waals surface area contributed by atoms with Crippen LogP contribution in [0.5, 0.6) is 5.75 Å². The third-order valence-corrected chi connectivity index (χ3v) is 5.38. The predicted octanol–water partition coefficient (Wildman–Crippen LogP) is 5.02. The minimum atomic E-state index is -0.390. The highest BCUT2D eigenvalue weighted by atomic mass is 16.5. The minimum Gasteiger partial charge on any atom is -0.495 e. The summed E-state index contributed by atoms with van der Waals surface area (Å²) in [5.74, 6) is -0.153. The van der Waals surface area contributed by atoms with Gasteiger partial charge in [-0.1, -0.05) is 59.7 Å². The molecular formula is C26H24N2O3. The first-order chi connectivity index (χ1) is 14.9. The van der Waals surface area contributed by atoms with Crippen LogP contribution in [0, 0.1) is 20.8 Å². The number of hydrogen-bond acceptors (Lipinski definition) is 4. The highest BCUT2D eigenvalue weighted by Crippen LogP contribution is 2.36. The van der Waals surface area contributed by atoms with Crippen molar-refractivity contribution < 1.29 is 14.3 Å². The van der Waals surface area contributed by atoms with Gasteiger partial charge in [-0.05, 0) is 50.1 Å². The van der Waals surface area contributed by atoms with E-state index in [9.17, 15) is 9.59 Å². The monoisotopic (exact) mass is 412 g/mol. The molecule has 5 heteroatoms. The Kier molecular flexibility index (Phi) is 5.34. The summed E-state index contributed by atoms with van der Waals surface area (Å²) in [7, 11) is 1.57. The average Bonchev–Trinajstić information content (AvgIpc) is 2.99. The van der Waals surface area contributed by atoms with Gasteiger partial charge in [-0.2, -0.15) is 0 Å². The van der Waals surface area contributed by atoms with Crippen LogP contribution in [-0.4, -0.2) is 18.9 Å². The number of methoxy groups -OCH3 is 1. The molecule has 0 bridgehead atoms. The fourth-order valence-electron chi connectivity index (χ4n) is 3.79. The quantitative estimate of drug-likeness (QED) is 0.598. The van der Waals surface area contributed by atoms with E-state index in [1.807, 2.05) is 81.4 Å². The Morgan fingerprint density at radius 3 is 2.16 bits per heavy atom. The lowest BCUT2D eigenvalue weighted by molar-refractivity contribution is -0.120. The lowest BCUT2D eigenvalue weighted by Crippen LogP contribution is -2.33. The molecule has 3 aromatic rings. The number of nitrogens with one attached hydrogen (secondary N) is 1. The second kappa shape index (κ2) is 8.11. The third kappa shape index (κ3) is 3.70. The van der Waals surface area contributed by atoms with Crippen molar-refractivity contribution >= 4 is 28.8 Å². The number of imide groups is 1. The molecule has 0 atom stereocenters. The number of aryl methyl sites for hydroxylation is 3. The fourth-order valence-corrected chi connectivity index (χ4v) is 3.79. The Morgan fingerprint density at radius 2 is 1.48 bits per heavy atom. The number of carbonyl (C=O) groups is 2. The Morgan fingerprint density at radius 1 is 0.806 bits per heavy atom. The Balaban J connectivity index is 1.86. The topological polar surface area (TPSA) is 58.6 Å². The molecule has 0 fully saturated rings. The SMILES string of the molecule is COc1ccccc1NC1=C(c2ccc(C)cc2)C(=O)N(c2ccc(C)cc2C)C1=O. The summed E-state index contributed by atoms with van der Waals surface area (Å²) in [6.45, 7) is 5.87. The van der Waals surface area contributed by atoms with Crippen molar-refractivity contribution in [1.29, 1.82) is 0 Å². The van der Waals surface area contributed by atoms with Crippen LogP contribution in [0.1, 0.15) is 22.3 Å². The smallest absolute Gasteiger partial charge is 0.282 e. The molecule has 31 heavy (non-hydrogen) atoms. The summed E-state index contributed by atoms with van der Waals surface area (Å²) >= 11 is 0. The van der Waals surface area contributed by atoms with Gasteiger partial charge in [-0.25, -0.2) is 4.90 Å². The van der Waals surface area contributed by atoms with Gasteiger partial charge in [0.15, 0.2) is 0 Å². The van der Waals surface area contributed by atoms with E-state index in [-0.39, 0.29) is 11.6 Å². The maximum atomic E-state index is 13.6. The highest BCUT2D eigenvalue weighted by molar-refractivity contribution is 6.46. The summed E-state index contributed by atoms with van der Waals surface area (Å²) in [6.07, 6.45) is 0. The molecule has 0 spiro atoms. The number of benzene rings is 3. The van der Waals surface area contributed by atoms with Gasteiger partial charge in [0, 0.05) is 0 Å². The summed E-state index contributed by atoms with van der Waals surface area (Å²) in [4.78, 5) is 28.4. The predicted molar refractivity (Wildman–Crippen MR) is 123 cm³/mol. The van der Waals surface area contributed by atoms with Crippen molar-refractivity contribution in [2.75, 3.05) is 17.3 Å². The molecule has 2 amide bonds. The van der Waals surface area contributed by atoms with Gasteiger partial charge in [0.05, 0.1) is 24.1 Å². The number of ether oxygens (including phenoxy) is 1. The molecule has 3 aromatic carbocycles.